The first-order chi connectivity index (χ1) is 12.4. The fraction of sp³-hybridized carbons (Fsp3) is 0.217. The Morgan fingerprint density at radius 3 is 1.27 bits per heavy atom. The molecule has 0 saturated heterocycles. The first kappa shape index (κ1) is 20.8. The minimum Gasteiger partial charge on any atom is -1.00 e. The molecule has 3 aromatic rings. The van der Waals surface area contributed by atoms with E-state index >= 15 is 0 Å². The van der Waals surface area contributed by atoms with Crippen molar-refractivity contribution in [1.82, 2.24) is 0 Å². The summed E-state index contributed by atoms with van der Waals surface area (Å²) in [6.45, 7) is 0.785. The summed E-state index contributed by atoms with van der Waals surface area (Å²) < 4.78 is 0. The van der Waals surface area contributed by atoms with Crippen LogP contribution in [0, 0.1) is 0 Å². The standard InChI is InChI=1S/C23H27NP.BrH/c24-19-11-4-12-20-25(21-13-5-1-6-14-21,22-15-7-2-8-16-22)23-17-9-3-10-18-23;/h1-3,5-10,13-18H,4,11-12,19-20,24H2;1H/q+1;/p-1. The quantitative estimate of drug-likeness (QED) is 0.423. The van der Waals surface area contributed by atoms with Crippen molar-refractivity contribution >= 4 is 23.2 Å². The lowest BCUT2D eigenvalue weighted by molar-refractivity contribution is -0.00000501. The third-order valence-electron chi connectivity index (χ3n) is 4.79. The number of benzene rings is 3. The Balaban J connectivity index is 0.00000243. The van der Waals surface area contributed by atoms with Gasteiger partial charge in [-0.2, -0.15) is 0 Å². The molecule has 0 aromatic heterocycles. The fourth-order valence-corrected chi connectivity index (χ4v) is 7.96. The van der Waals surface area contributed by atoms with Crippen molar-refractivity contribution < 1.29 is 17.0 Å². The highest BCUT2D eigenvalue weighted by Gasteiger charge is 2.44. The van der Waals surface area contributed by atoms with Gasteiger partial charge in [0.15, 0.2) is 0 Å². The van der Waals surface area contributed by atoms with E-state index in [1.165, 1.54) is 34.9 Å². The number of hydrogen-bond donors (Lipinski definition) is 1. The van der Waals surface area contributed by atoms with Crippen LogP contribution in [0.1, 0.15) is 19.3 Å². The van der Waals surface area contributed by atoms with E-state index in [0.717, 1.165) is 13.0 Å². The summed E-state index contributed by atoms with van der Waals surface area (Å²) in [6, 6.07) is 33.3. The van der Waals surface area contributed by atoms with E-state index in [2.05, 4.69) is 91.0 Å². The van der Waals surface area contributed by atoms with Crippen molar-refractivity contribution in [3.05, 3.63) is 91.0 Å². The van der Waals surface area contributed by atoms with Gasteiger partial charge in [0.05, 0.1) is 6.16 Å². The van der Waals surface area contributed by atoms with Gasteiger partial charge in [-0.05, 0) is 62.2 Å². The van der Waals surface area contributed by atoms with Gasteiger partial charge in [0.25, 0.3) is 0 Å². The summed E-state index contributed by atoms with van der Waals surface area (Å²) in [4.78, 5) is 0. The third-order valence-corrected chi connectivity index (χ3v) is 9.31. The van der Waals surface area contributed by atoms with Crippen LogP contribution in [-0.2, 0) is 0 Å². The normalized spacial score (nSPS) is 11.0. The molecular formula is C23H27BrNP. The molecule has 3 aromatic carbocycles. The van der Waals surface area contributed by atoms with Crippen LogP contribution in [0.3, 0.4) is 0 Å². The predicted octanol–water partition coefficient (Wildman–Crippen LogP) is 1.11. The summed E-state index contributed by atoms with van der Waals surface area (Å²) >= 11 is 0. The smallest absolute Gasteiger partial charge is 0.112 e. The highest BCUT2D eigenvalue weighted by molar-refractivity contribution is 7.95. The maximum atomic E-state index is 5.72. The van der Waals surface area contributed by atoms with Crippen molar-refractivity contribution in [2.75, 3.05) is 12.7 Å². The molecule has 0 fully saturated rings. The monoisotopic (exact) mass is 427 g/mol. The fourth-order valence-electron chi connectivity index (χ4n) is 3.55. The molecule has 2 N–H and O–H groups in total. The van der Waals surface area contributed by atoms with Gasteiger partial charge >= 0.3 is 0 Å². The van der Waals surface area contributed by atoms with Crippen molar-refractivity contribution in [1.29, 1.82) is 0 Å². The third kappa shape index (κ3) is 4.62. The molecule has 136 valence electrons. The Morgan fingerprint density at radius 2 is 0.923 bits per heavy atom. The lowest BCUT2D eigenvalue weighted by atomic mass is 10.2. The maximum Gasteiger partial charge on any atom is 0.112 e. The zero-order chi connectivity index (χ0) is 17.4. The Kier molecular flexibility index (Phi) is 8.51. The van der Waals surface area contributed by atoms with Crippen LogP contribution >= 0.6 is 7.26 Å². The summed E-state index contributed by atoms with van der Waals surface area (Å²) in [6.07, 6.45) is 4.72. The lowest BCUT2D eigenvalue weighted by Crippen LogP contribution is -3.00. The molecule has 0 saturated carbocycles. The van der Waals surface area contributed by atoms with Crippen molar-refractivity contribution in [2.45, 2.75) is 19.3 Å². The van der Waals surface area contributed by atoms with E-state index in [9.17, 15) is 0 Å². The van der Waals surface area contributed by atoms with E-state index in [4.69, 9.17) is 5.73 Å². The van der Waals surface area contributed by atoms with E-state index in [1.807, 2.05) is 0 Å². The second kappa shape index (κ2) is 10.6. The molecule has 0 heterocycles. The van der Waals surface area contributed by atoms with Crippen LogP contribution < -0.4 is 38.6 Å². The van der Waals surface area contributed by atoms with Crippen LogP contribution in [-0.4, -0.2) is 12.7 Å². The molecule has 0 unspecified atom stereocenters. The number of rotatable bonds is 8. The van der Waals surface area contributed by atoms with Gasteiger partial charge in [0, 0.05) is 0 Å². The van der Waals surface area contributed by atoms with Crippen LogP contribution in [0.2, 0.25) is 0 Å². The number of halogens is 1. The second-order valence-corrected chi connectivity index (χ2v) is 10.0. The van der Waals surface area contributed by atoms with Gasteiger partial charge in [-0.25, -0.2) is 0 Å². The van der Waals surface area contributed by atoms with Crippen molar-refractivity contribution in [2.24, 2.45) is 5.73 Å². The molecule has 0 atom stereocenters. The highest BCUT2D eigenvalue weighted by Crippen LogP contribution is 2.55. The molecular weight excluding hydrogens is 401 g/mol. The van der Waals surface area contributed by atoms with Crippen molar-refractivity contribution in [3.63, 3.8) is 0 Å². The number of unbranched alkanes of at least 4 members (excludes halogenated alkanes) is 2. The second-order valence-electron chi connectivity index (χ2n) is 6.39. The molecule has 1 nitrogen and oxygen atoms in total. The van der Waals surface area contributed by atoms with Crippen LogP contribution in [0.5, 0.6) is 0 Å². The Morgan fingerprint density at radius 1 is 0.538 bits per heavy atom. The van der Waals surface area contributed by atoms with Gasteiger partial charge in [0.1, 0.15) is 23.2 Å². The SMILES string of the molecule is NCCCCC[P+](c1ccccc1)(c1ccccc1)c1ccccc1.[Br-]. The molecule has 0 bridgehead atoms. The van der Waals surface area contributed by atoms with Gasteiger partial charge in [-0.15, -0.1) is 0 Å². The molecule has 0 amide bonds. The van der Waals surface area contributed by atoms with Gasteiger partial charge in [-0.1, -0.05) is 54.6 Å². The first-order valence-electron chi connectivity index (χ1n) is 9.13. The van der Waals surface area contributed by atoms with Crippen LogP contribution in [0.15, 0.2) is 91.0 Å². The van der Waals surface area contributed by atoms with E-state index in [1.54, 1.807) is 0 Å². The summed E-state index contributed by atoms with van der Waals surface area (Å²) in [7, 11) is -1.63. The lowest BCUT2D eigenvalue weighted by Gasteiger charge is -2.27. The molecule has 0 aliphatic rings. The molecule has 3 heteroatoms. The zero-order valence-electron chi connectivity index (χ0n) is 15.1. The summed E-state index contributed by atoms with van der Waals surface area (Å²) in [5, 5.41) is 4.42. The molecule has 0 radical (unpaired) electrons. The topological polar surface area (TPSA) is 26.0 Å². The summed E-state index contributed by atoms with van der Waals surface area (Å²) in [5.41, 5.74) is 5.72. The van der Waals surface area contributed by atoms with Crippen LogP contribution in [0.25, 0.3) is 0 Å². The molecule has 0 aliphatic heterocycles. The molecule has 0 aliphatic carbocycles. The Labute approximate surface area is 168 Å². The van der Waals surface area contributed by atoms with Gasteiger partial charge < -0.3 is 22.7 Å². The van der Waals surface area contributed by atoms with Gasteiger partial charge in [0.2, 0.25) is 0 Å². The zero-order valence-corrected chi connectivity index (χ0v) is 17.6. The summed E-state index contributed by atoms with van der Waals surface area (Å²) in [5.74, 6) is 0. The predicted molar refractivity (Wildman–Crippen MR) is 113 cm³/mol. The van der Waals surface area contributed by atoms with E-state index in [0.29, 0.717) is 0 Å². The minimum atomic E-state index is -1.63. The molecule has 0 spiro atoms. The van der Waals surface area contributed by atoms with Gasteiger partial charge in [-0.3, -0.25) is 0 Å². The average Bonchev–Trinajstić information content (AvgIpc) is 2.70. The first-order valence-corrected chi connectivity index (χ1v) is 11.1. The Hall–Kier alpha value is -1.47. The number of hydrogen-bond acceptors (Lipinski definition) is 1. The van der Waals surface area contributed by atoms with E-state index in [-0.39, 0.29) is 17.0 Å². The van der Waals surface area contributed by atoms with Crippen molar-refractivity contribution in [3.8, 4) is 0 Å². The molecule has 26 heavy (non-hydrogen) atoms. The largest absolute Gasteiger partial charge is 1.00 e. The Bertz CT molecular complexity index is 650. The van der Waals surface area contributed by atoms with Crippen LogP contribution in [0.4, 0.5) is 0 Å². The maximum absolute atomic E-state index is 5.72. The van der Waals surface area contributed by atoms with E-state index < -0.39 is 7.26 Å². The highest BCUT2D eigenvalue weighted by atomic mass is 79.9. The molecule has 3 rings (SSSR count). The minimum absolute atomic E-state index is 0. The average molecular weight is 428 g/mol. The number of nitrogens with two attached hydrogens (primary N) is 1.